The third-order valence-electron chi connectivity index (χ3n) is 11.2. The summed E-state index contributed by atoms with van der Waals surface area (Å²) in [6, 6.07) is 59.4. The molecule has 6 aromatic carbocycles. The first-order chi connectivity index (χ1) is 28.8. The van der Waals surface area contributed by atoms with E-state index in [1.165, 1.54) is 49.7 Å². The largest absolute Gasteiger partial charge is 0.493 e. The summed E-state index contributed by atoms with van der Waals surface area (Å²) in [6.07, 6.45) is 11.1. The minimum atomic E-state index is 0.147. The third kappa shape index (κ3) is 9.69. The van der Waals surface area contributed by atoms with Gasteiger partial charge >= 0.3 is 0 Å². The van der Waals surface area contributed by atoms with Crippen LogP contribution in [0.1, 0.15) is 98.5 Å². The van der Waals surface area contributed by atoms with Crippen molar-refractivity contribution in [3.8, 4) is 11.5 Å². The van der Waals surface area contributed by atoms with Gasteiger partial charge in [-0.15, -0.1) is 0 Å². The number of benzene rings is 6. The average molecular weight is 767 g/mol. The second-order valence-corrected chi connectivity index (χ2v) is 15.2. The Kier molecular flexibility index (Phi) is 13.2. The van der Waals surface area contributed by atoms with Crippen molar-refractivity contribution in [2.75, 3.05) is 23.2 Å². The summed E-state index contributed by atoms with van der Waals surface area (Å²) in [6.45, 7) is 1.44. The molecule has 0 fully saturated rings. The topological polar surface area (TPSA) is 49.7 Å². The molecule has 6 heteroatoms. The van der Waals surface area contributed by atoms with Crippen LogP contribution in [-0.4, -0.2) is 24.6 Å². The fourth-order valence-electron chi connectivity index (χ4n) is 8.14. The van der Waals surface area contributed by atoms with Crippen LogP contribution in [0.15, 0.2) is 180 Å². The van der Waals surface area contributed by atoms with Gasteiger partial charge in [-0.25, -0.2) is 0 Å². The molecule has 0 saturated heterocycles. The summed E-state index contributed by atoms with van der Waals surface area (Å²) in [4.78, 5) is 0. The molecule has 2 aliphatic heterocycles. The van der Waals surface area contributed by atoms with E-state index >= 15 is 0 Å². The Balaban J connectivity index is 0.752. The van der Waals surface area contributed by atoms with E-state index in [0.29, 0.717) is 0 Å². The molecule has 0 aliphatic carbocycles. The minimum Gasteiger partial charge on any atom is -0.493 e. The van der Waals surface area contributed by atoms with Gasteiger partial charge in [-0.1, -0.05) is 160 Å². The Morgan fingerprint density at radius 1 is 0.379 bits per heavy atom. The highest BCUT2D eigenvalue weighted by Gasteiger charge is 2.32. The van der Waals surface area contributed by atoms with Crippen LogP contribution in [0, 0.1) is 0 Å². The van der Waals surface area contributed by atoms with E-state index in [2.05, 4.69) is 180 Å². The fourth-order valence-corrected chi connectivity index (χ4v) is 8.14. The van der Waals surface area contributed by atoms with E-state index in [1.807, 2.05) is 0 Å². The maximum atomic E-state index is 6.41. The zero-order valence-electron chi connectivity index (χ0n) is 33.4. The van der Waals surface area contributed by atoms with Crippen LogP contribution in [0.25, 0.3) is 0 Å². The molecule has 0 saturated carbocycles. The maximum Gasteiger partial charge on any atom is 0.128 e. The molecule has 0 bridgehead atoms. The quantitative estimate of drug-likeness (QED) is 0.0771. The minimum absolute atomic E-state index is 0.147. The lowest BCUT2D eigenvalue weighted by Gasteiger charge is -2.23. The lowest BCUT2D eigenvalue weighted by Crippen LogP contribution is -2.18. The Bertz CT molecular complexity index is 2070. The average Bonchev–Trinajstić information content (AvgIpc) is 3.95. The smallest absolute Gasteiger partial charge is 0.128 e. The standard InChI is InChI=1S/C52H54N4O2/c1(3-5-23-37-57-51-35-21-19-33-45(51)47-39-49(41-25-11-7-12-26-41)55(53-47)43-29-15-9-16-30-43)2-4-6-24-38-58-52-36-22-20-34-46(52)48-40-50(42-27-13-8-14-28-42)56(54-48)44-31-17-10-18-32-44/h7-22,25-36,49-50H,1-6,23-24,37-40H2. The molecule has 0 N–H and O–H groups in total. The summed E-state index contributed by atoms with van der Waals surface area (Å²) in [5, 5.41) is 14.7. The predicted molar refractivity (Wildman–Crippen MR) is 239 cm³/mol. The number of ether oxygens (including phenoxy) is 2. The SMILES string of the molecule is c1ccc(C2CC(c3ccccc3OCCCCCCCCCCOc3ccccc3C3=NN(c4ccccc4)C(c4ccccc4)C3)=NN2c2ccccc2)cc1. The first-order valence-corrected chi connectivity index (χ1v) is 21.2. The Morgan fingerprint density at radius 3 is 1.10 bits per heavy atom. The highest BCUT2D eigenvalue weighted by Crippen LogP contribution is 2.39. The summed E-state index contributed by atoms with van der Waals surface area (Å²) >= 11 is 0. The molecule has 6 nitrogen and oxygen atoms in total. The summed E-state index contributed by atoms with van der Waals surface area (Å²) in [5.41, 5.74) is 9.05. The lowest BCUT2D eigenvalue weighted by molar-refractivity contribution is 0.300. The first-order valence-electron chi connectivity index (χ1n) is 21.2. The molecule has 2 atom stereocenters. The normalized spacial score (nSPS) is 16.3. The second kappa shape index (κ2) is 19.8. The van der Waals surface area contributed by atoms with Crippen LogP contribution in [0.5, 0.6) is 11.5 Å². The van der Waals surface area contributed by atoms with Gasteiger partial charge in [0.15, 0.2) is 0 Å². The van der Waals surface area contributed by atoms with Gasteiger partial charge in [0.25, 0.3) is 0 Å². The highest BCUT2D eigenvalue weighted by molar-refractivity contribution is 6.06. The summed E-state index contributed by atoms with van der Waals surface area (Å²) in [5.74, 6) is 1.85. The molecule has 0 spiro atoms. The number of rotatable bonds is 19. The van der Waals surface area contributed by atoms with E-state index in [4.69, 9.17) is 19.7 Å². The first kappa shape index (κ1) is 38.7. The number of hydrogen-bond acceptors (Lipinski definition) is 6. The molecule has 2 heterocycles. The molecular weight excluding hydrogens is 713 g/mol. The van der Waals surface area contributed by atoms with Crippen molar-refractivity contribution < 1.29 is 9.47 Å². The van der Waals surface area contributed by atoms with Crippen LogP contribution in [-0.2, 0) is 0 Å². The van der Waals surface area contributed by atoms with E-state index in [-0.39, 0.29) is 12.1 Å². The van der Waals surface area contributed by atoms with Gasteiger partial charge in [-0.2, -0.15) is 10.2 Å². The monoisotopic (exact) mass is 766 g/mol. The molecule has 2 unspecified atom stereocenters. The molecular formula is C52H54N4O2. The van der Waals surface area contributed by atoms with Crippen LogP contribution in [0.2, 0.25) is 0 Å². The Labute approximate surface area is 344 Å². The van der Waals surface area contributed by atoms with Gasteiger partial charge < -0.3 is 9.47 Å². The van der Waals surface area contributed by atoms with Crippen molar-refractivity contribution in [1.82, 2.24) is 0 Å². The number of hydrazone groups is 2. The van der Waals surface area contributed by atoms with Crippen LogP contribution in [0.4, 0.5) is 11.4 Å². The van der Waals surface area contributed by atoms with Crippen molar-refractivity contribution in [1.29, 1.82) is 0 Å². The molecule has 0 aromatic heterocycles. The summed E-state index contributed by atoms with van der Waals surface area (Å²) < 4.78 is 12.8. The van der Waals surface area contributed by atoms with E-state index < -0.39 is 0 Å². The molecule has 2 aliphatic rings. The van der Waals surface area contributed by atoms with Gasteiger partial charge in [-0.3, -0.25) is 10.0 Å². The highest BCUT2D eigenvalue weighted by atomic mass is 16.5. The molecule has 0 amide bonds. The van der Waals surface area contributed by atoms with Crippen LogP contribution < -0.4 is 19.5 Å². The van der Waals surface area contributed by atoms with Crippen molar-refractivity contribution >= 4 is 22.8 Å². The summed E-state index contributed by atoms with van der Waals surface area (Å²) in [7, 11) is 0. The Hall–Kier alpha value is -6.14. The maximum absolute atomic E-state index is 6.41. The van der Waals surface area contributed by atoms with Crippen molar-refractivity contribution in [3.63, 3.8) is 0 Å². The zero-order valence-corrected chi connectivity index (χ0v) is 33.4. The zero-order chi connectivity index (χ0) is 39.2. The predicted octanol–water partition coefficient (Wildman–Crippen LogP) is 13.0. The Morgan fingerprint density at radius 2 is 0.707 bits per heavy atom. The third-order valence-corrected chi connectivity index (χ3v) is 11.2. The molecule has 294 valence electrons. The van der Waals surface area contributed by atoms with Gasteiger partial charge in [-0.05, 0) is 72.5 Å². The van der Waals surface area contributed by atoms with E-state index in [1.54, 1.807) is 0 Å². The van der Waals surface area contributed by atoms with Crippen molar-refractivity contribution in [3.05, 3.63) is 192 Å². The van der Waals surface area contributed by atoms with Crippen molar-refractivity contribution in [2.24, 2.45) is 10.2 Å². The molecule has 0 radical (unpaired) electrons. The van der Waals surface area contributed by atoms with E-state index in [0.717, 1.165) is 84.3 Å². The van der Waals surface area contributed by atoms with E-state index in [9.17, 15) is 0 Å². The number of unbranched alkanes of at least 4 members (excludes halogenated alkanes) is 7. The van der Waals surface area contributed by atoms with Gasteiger partial charge in [0.2, 0.25) is 0 Å². The lowest BCUT2D eigenvalue weighted by atomic mass is 9.97. The van der Waals surface area contributed by atoms with Gasteiger partial charge in [0, 0.05) is 24.0 Å². The number of anilines is 2. The van der Waals surface area contributed by atoms with Gasteiger partial charge in [0.05, 0.1) is 48.1 Å². The number of para-hydroxylation sites is 4. The van der Waals surface area contributed by atoms with Crippen molar-refractivity contribution in [2.45, 2.75) is 76.3 Å². The second-order valence-electron chi connectivity index (χ2n) is 15.2. The molecule has 8 rings (SSSR count). The fraction of sp³-hybridized carbons (Fsp3) is 0.269. The van der Waals surface area contributed by atoms with Gasteiger partial charge in [0.1, 0.15) is 11.5 Å². The molecule has 58 heavy (non-hydrogen) atoms. The number of hydrogen-bond donors (Lipinski definition) is 0. The van der Waals surface area contributed by atoms with Crippen LogP contribution >= 0.6 is 0 Å². The molecule has 6 aromatic rings. The van der Waals surface area contributed by atoms with Crippen LogP contribution in [0.3, 0.4) is 0 Å². The number of nitrogens with zero attached hydrogens (tertiary/aromatic N) is 4.